The van der Waals surface area contributed by atoms with Gasteiger partial charge in [-0.2, -0.15) is 0 Å². The summed E-state index contributed by atoms with van der Waals surface area (Å²) in [4.78, 5) is 10.5. The molecule has 1 fully saturated rings. The fourth-order valence-electron chi connectivity index (χ4n) is 1.36. The number of halogens is 1. The number of aliphatic carboxylic acids is 1. The summed E-state index contributed by atoms with van der Waals surface area (Å²) in [7, 11) is 0. The van der Waals surface area contributed by atoms with Crippen LogP contribution < -0.4 is 5.32 Å². The Morgan fingerprint density at radius 2 is 2.27 bits per heavy atom. The van der Waals surface area contributed by atoms with Gasteiger partial charge < -0.3 is 10.4 Å². The highest BCUT2D eigenvalue weighted by atomic mass is 35.5. The van der Waals surface area contributed by atoms with Crippen molar-refractivity contribution in [1.82, 2.24) is 5.32 Å². The highest BCUT2D eigenvalue weighted by molar-refractivity contribution is 5.85. The zero-order chi connectivity index (χ0) is 7.56. The van der Waals surface area contributed by atoms with Crippen molar-refractivity contribution in [2.75, 3.05) is 6.54 Å². The summed E-state index contributed by atoms with van der Waals surface area (Å²) >= 11 is 0. The van der Waals surface area contributed by atoms with Crippen molar-refractivity contribution in [2.24, 2.45) is 5.92 Å². The Kier molecular flexibility index (Phi) is 4.45. The molecule has 2 N–H and O–H groups in total. The Hall–Kier alpha value is -0.280. The van der Waals surface area contributed by atoms with Gasteiger partial charge in [0, 0.05) is 6.04 Å². The van der Waals surface area contributed by atoms with E-state index in [1.807, 2.05) is 6.92 Å². The van der Waals surface area contributed by atoms with Crippen molar-refractivity contribution >= 4 is 18.4 Å². The zero-order valence-electron chi connectivity index (χ0n) is 6.54. The van der Waals surface area contributed by atoms with E-state index in [0.29, 0.717) is 6.04 Å². The molecule has 1 rings (SSSR count). The smallest absolute Gasteiger partial charge is 0.306 e. The summed E-state index contributed by atoms with van der Waals surface area (Å²) in [5.74, 6) is -0.760. The standard InChI is InChI=1S/C7H13NO2.ClH/c1-5-4-6(7(9)10)2-3-8-5;/h5-6,8H,2-4H2,1H3,(H,9,10);1H/t5-,6+;/m0./s1. The van der Waals surface area contributed by atoms with Gasteiger partial charge in [-0.3, -0.25) is 4.79 Å². The van der Waals surface area contributed by atoms with E-state index in [1.165, 1.54) is 0 Å². The molecule has 0 saturated carbocycles. The molecule has 0 amide bonds. The molecule has 66 valence electrons. The molecule has 1 aliphatic rings. The van der Waals surface area contributed by atoms with Crippen molar-refractivity contribution in [3.63, 3.8) is 0 Å². The van der Waals surface area contributed by atoms with E-state index in [2.05, 4.69) is 5.32 Å². The number of carboxylic acid groups (broad SMARTS) is 1. The monoisotopic (exact) mass is 179 g/mol. The van der Waals surface area contributed by atoms with Gasteiger partial charge in [0.25, 0.3) is 0 Å². The first kappa shape index (κ1) is 10.7. The van der Waals surface area contributed by atoms with Crippen molar-refractivity contribution in [3.05, 3.63) is 0 Å². The van der Waals surface area contributed by atoms with Crippen molar-refractivity contribution in [2.45, 2.75) is 25.8 Å². The van der Waals surface area contributed by atoms with Crippen molar-refractivity contribution < 1.29 is 9.90 Å². The summed E-state index contributed by atoms with van der Waals surface area (Å²) < 4.78 is 0. The van der Waals surface area contributed by atoms with Crippen LogP contribution in [0.2, 0.25) is 0 Å². The molecule has 0 spiro atoms. The maximum Gasteiger partial charge on any atom is 0.306 e. The van der Waals surface area contributed by atoms with Crippen molar-refractivity contribution in [1.29, 1.82) is 0 Å². The van der Waals surface area contributed by atoms with Crippen LogP contribution in [0.3, 0.4) is 0 Å². The molecule has 0 aromatic carbocycles. The number of piperidine rings is 1. The Bertz CT molecular complexity index is 140. The SMILES string of the molecule is C[C@H]1C[C@H](C(=O)O)CCN1.Cl. The molecule has 1 heterocycles. The highest BCUT2D eigenvalue weighted by Crippen LogP contribution is 2.15. The number of hydrogen-bond donors (Lipinski definition) is 2. The van der Waals surface area contributed by atoms with Gasteiger partial charge in [0.15, 0.2) is 0 Å². The fourth-order valence-corrected chi connectivity index (χ4v) is 1.36. The third-order valence-corrected chi connectivity index (χ3v) is 1.97. The lowest BCUT2D eigenvalue weighted by Gasteiger charge is -2.24. The molecule has 0 aromatic rings. The van der Waals surface area contributed by atoms with Gasteiger partial charge >= 0.3 is 5.97 Å². The van der Waals surface area contributed by atoms with Crippen molar-refractivity contribution in [3.8, 4) is 0 Å². The Morgan fingerprint density at radius 3 is 2.64 bits per heavy atom. The molecule has 4 heteroatoms. The Labute approximate surface area is 72.6 Å². The van der Waals surface area contributed by atoms with Gasteiger partial charge in [-0.05, 0) is 26.3 Å². The lowest BCUT2D eigenvalue weighted by atomic mass is 9.94. The molecule has 0 aromatic heterocycles. The second-order valence-corrected chi connectivity index (χ2v) is 2.91. The van der Waals surface area contributed by atoms with Gasteiger partial charge in [-0.15, -0.1) is 12.4 Å². The fraction of sp³-hybridized carbons (Fsp3) is 0.857. The molecule has 11 heavy (non-hydrogen) atoms. The van der Waals surface area contributed by atoms with Gasteiger partial charge in [0.1, 0.15) is 0 Å². The summed E-state index contributed by atoms with van der Waals surface area (Å²) in [6.45, 7) is 2.87. The molecule has 1 aliphatic heterocycles. The van der Waals surface area contributed by atoms with Crippen LogP contribution in [0.25, 0.3) is 0 Å². The zero-order valence-corrected chi connectivity index (χ0v) is 7.36. The van der Waals surface area contributed by atoms with E-state index in [9.17, 15) is 4.79 Å². The lowest BCUT2D eigenvalue weighted by Crippen LogP contribution is -2.38. The van der Waals surface area contributed by atoms with E-state index < -0.39 is 5.97 Å². The first-order valence-electron chi connectivity index (χ1n) is 3.66. The molecular weight excluding hydrogens is 166 g/mol. The predicted molar refractivity (Wildman–Crippen MR) is 45.1 cm³/mol. The quantitative estimate of drug-likeness (QED) is 0.629. The lowest BCUT2D eigenvalue weighted by molar-refractivity contribution is -0.142. The third-order valence-electron chi connectivity index (χ3n) is 1.97. The van der Waals surface area contributed by atoms with E-state index in [0.717, 1.165) is 19.4 Å². The molecule has 2 atom stereocenters. The second kappa shape index (κ2) is 4.57. The number of carbonyl (C=O) groups is 1. The average Bonchev–Trinajstić information content (AvgIpc) is 1.88. The molecule has 0 aliphatic carbocycles. The van der Waals surface area contributed by atoms with Gasteiger partial charge in [0.2, 0.25) is 0 Å². The van der Waals surface area contributed by atoms with Crippen LogP contribution in [-0.4, -0.2) is 23.7 Å². The van der Waals surface area contributed by atoms with E-state index in [4.69, 9.17) is 5.11 Å². The van der Waals surface area contributed by atoms with E-state index in [1.54, 1.807) is 0 Å². The van der Waals surface area contributed by atoms with Gasteiger partial charge in [0.05, 0.1) is 5.92 Å². The minimum atomic E-state index is -0.645. The highest BCUT2D eigenvalue weighted by Gasteiger charge is 2.23. The van der Waals surface area contributed by atoms with Crippen LogP contribution >= 0.6 is 12.4 Å². The number of hydrogen-bond acceptors (Lipinski definition) is 2. The molecule has 1 saturated heterocycles. The Morgan fingerprint density at radius 1 is 1.64 bits per heavy atom. The second-order valence-electron chi connectivity index (χ2n) is 2.91. The third kappa shape index (κ3) is 3.08. The van der Waals surface area contributed by atoms with Gasteiger partial charge in [-0.1, -0.05) is 0 Å². The minimum absolute atomic E-state index is 0. The number of carboxylic acids is 1. The van der Waals surface area contributed by atoms with Crippen LogP contribution in [0.4, 0.5) is 0 Å². The number of rotatable bonds is 1. The minimum Gasteiger partial charge on any atom is -0.481 e. The van der Waals surface area contributed by atoms with E-state index in [-0.39, 0.29) is 18.3 Å². The first-order valence-corrected chi connectivity index (χ1v) is 3.66. The Balaban J connectivity index is 0.000001000. The predicted octanol–water partition coefficient (Wildman–Crippen LogP) is 0.881. The molecule has 3 nitrogen and oxygen atoms in total. The maximum absolute atomic E-state index is 10.5. The molecule has 0 bridgehead atoms. The first-order chi connectivity index (χ1) is 4.70. The van der Waals surface area contributed by atoms with Gasteiger partial charge in [-0.25, -0.2) is 0 Å². The van der Waals surface area contributed by atoms with Crippen LogP contribution in [0.15, 0.2) is 0 Å². The van der Waals surface area contributed by atoms with E-state index >= 15 is 0 Å². The summed E-state index contributed by atoms with van der Waals surface area (Å²) in [6, 6.07) is 0.370. The molecule has 0 unspecified atom stereocenters. The topological polar surface area (TPSA) is 49.3 Å². The maximum atomic E-state index is 10.5. The summed E-state index contributed by atoms with van der Waals surface area (Å²) in [6.07, 6.45) is 1.55. The normalized spacial score (nSPS) is 30.6. The number of nitrogens with one attached hydrogen (secondary N) is 1. The molecular formula is C7H14ClNO2. The summed E-state index contributed by atoms with van der Waals surface area (Å²) in [5, 5.41) is 11.8. The van der Waals surface area contributed by atoms with Crippen LogP contribution in [0, 0.1) is 5.92 Å². The average molecular weight is 180 g/mol. The largest absolute Gasteiger partial charge is 0.481 e. The summed E-state index contributed by atoms with van der Waals surface area (Å²) in [5.41, 5.74) is 0. The van der Waals surface area contributed by atoms with Crippen LogP contribution in [0.1, 0.15) is 19.8 Å². The van der Waals surface area contributed by atoms with Crippen LogP contribution in [0.5, 0.6) is 0 Å². The molecule has 0 radical (unpaired) electrons. The van der Waals surface area contributed by atoms with Crippen LogP contribution in [-0.2, 0) is 4.79 Å².